The van der Waals surface area contributed by atoms with Gasteiger partial charge >= 0.3 is 5.97 Å². The van der Waals surface area contributed by atoms with Crippen molar-refractivity contribution in [1.82, 2.24) is 5.32 Å². The molecule has 0 aromatic heterocycles. The number of anilines is 2. The molecule has 2 aromatic rings. The number of benzene rings is 2. The van der Waals surface area contributed by atoms with Crippen LogP contribution in [0, 0.1) is 10.1 Å². The Morgan fingerprint density at radius 2 is 1.80 bits per heavy atom. The number of para-hydroxylation sites is 1. The Kier molecular flexibility index (Phi) is 8.16. The summed E-state index contributed by atoms with van der Waals surface area (Å²) in [7, 11) is 5.31. The molecule has 0 bridgehead atoms. The zero-order valence-electron chi connectivity index (χ0n) is 17.3. The maximum Gasteiger partial charge on any atom is 0.338 e. The Morgan fingerprint density at radius 1 is 1.10 bits per heavy atom. The van der Waals surface area contributed by atoms with E-state index in [1.54, 1.807) is 19.0 Å². The molecule has 1 amide bonds. The molecule has 9 heteroatoms. The third-order valence-corrected chi connectivity index (χ3v) is 4.41. The Labute approximate surface area is 175 Å². The fourth-order valence-electron chi connectivity index (χ4n) is 2.80. The van der Waals surface area contributed by atoms with Gasteiger partial charge in [-0.1, -0.05) is 18.2 Å². The molecule has 30 heavy (non-hydrogen) atoms. The highest BCUT2D eigenvalue weighted by Crippen LogP contribution is 2.27. The quantitative estimate of drug-likeness (QED) is 0.276. The molecule has 9 nitrogen and oxygen atoms in total. The smallest absolute Gasteiger partial charge is 0.338 e. The molecule has 0 heterocycles. The molecular weight excluding hydrogens is 388 g/mol. The number of nitrogens with zero attached hydrogens (tertiary/aromatic N) is 3. The normalized spacial score (nSPS) is 10.2. The lowest BCUT2D eigenvalue weighted by Crippen LogP contribution is -2.31. The molecule has 0 fully saturated rings. The number of carbonyl (C=O) groups excluding carboxylic acids is 2. The van der Waals surface area contributed by atoms with Gasteiger partial charge in [0.15, 0.2) is 6.61 Å². The highest BCUT2D eigenvalue weighted by Gasteiger charge is 2.20. The fraction of sp³-hybridized carbons (Fsp3) is 0.333. The van der Waals surface area contributed by atoms with Crippen LogP contribution in [0.3, 0.4) is 0 Å². The van der Waals surface area contributed by atoms with Crippen LogP contribution in [-0.4, -0.2) is 57.6 Å². The molecule has 0 saturated carbocycles. The van der Waals surface area contributed by atoms with Crippen molar-refractivity contribution >= 4 is 28.9 Å². The number of nitro benzene ring substituents is 1. The molecule has 1 N–H and O–H groups in total. The predicted octanol–water partition coefficient (Wildman–Crippen LogP) is 2.46. The van der Waals surface area contributed by atoms with Gasteiger partial charge in [-0.15, -0.1) is 0 Å². The van der Waals surface area contributed by atoms with Crippen LogP contribution in [0.2, 0.25) is 0 Å². The maximum atomic E-state index is 12.1. The molecule has 2 rings (SSSR count). The summed E-state index contributed by atoms with van der Waals surface area (Å²) in [4.78, 5) is 38.3. The lowest BCUT2D eigenvalue weighted by Gasteiger charge is -2.19. The van der Waals surface area contributed by atoms with Crippen LogP contribution in [0.25, 0.3) is 0 Å². The average Bonchev–Trinajstić information content (AvgIpc) is 2.74. The summed E-state index contributed by atoms with van der Waals surface area (Å²) in [5.74, 6) is -1.22. The second-order valence-electron chi connectivity index (χ2n) is 6.89. The highest BCUT2D eigenvalue weighted by molar-refractivity contribution is 5.93. The van der Waals surface area contributed by atoms with E-state index in [-0.39, 0.29) is 11.3 Å². The number of amides is 1. The minimum absolute atomic E-state index is 0.0181. The number of ether oxygens (including phenoxy) is 1. The number of nitrogens with one attached hydrogen (secondary N) is 1. The van der Waals surface area contributed by atoms with E-state index in [1.807, 2.05) is 37.4 Å². The molecule has 0 aliphatic carbocycles. The van der Waals surface area contributed by atoms with Crippen molar-refractivity contribution in [3.05, 3.63) is 64.2 Å². The summed E-state index contributed by atoms with van der Waals surface area (Å²) in [6.45, 7) is 0.749. The Balaban J connectivity index is 1.77. The maximum absolute atomic E-state index is 12.1. The molecular formula is C21H26N4O5. The van der Waals surface area contributed by atoms with E-state index >= 15 is 0 Å². The van der Waals surface area contributed by atoms with Gasteiger partial charge in [0.05, 0.1) is 10.5 Å². The van der Waals surface area contributed by atoms with Gasteiger partial charge in [-0.2, -0.15) is 0 Å². The lowest BCUT2D eigenvalue weighted by atomic mass is 10.1. The molecule has 0 radical (unpaired) electrons. The van der Waals surface area contributed by atoms with E-state index in [9.17, 15) is 19.7 Å². The van der Waals surface area contributed by atoms with Crippen LogP contribution in [-0.2, 0) is 9.53 Å². The van der Waals surface area contributed by atoms with E-state index in [2.05, 4.69) is 10.2 Å². The van der Waals surface area contributed by atoms with Crippen LogP contribution in [0.15, 0.2) is 48.5 Å². The molecule has 0 aliphatic rings. The van der Waals surface area contributed by atoms with Crippen molar-refractivity contribution in [2.24, 2.45) is 0 Å². The number of hydrogen-bond acceptors (Lipinski definition) is 7. The Hall–Kier alpha value is -3.62. The lowest BCUT2D eigenvalue weighted by molar-refractivity contribution is -0.384. The summed E-state index contributed by atoms with van der Waals surface area (Å²) in [6, 6.07) is 13.9. The largest absolute Gasteiger partial charge is 0.452 e. The topological polar surface area (TPSA) is 105 Å². The number of rotatable bonds is 10. The number of nitro groups is 1. The van der Waals surface area contributed by atoms with Gasteiger partial charge < -0.3 is 19.9 Å². The van der Waals surface area contributed by atoms with Crippen LogP contribution in [0.5, 0.6) is 0 Å². The van der Waals surface area contributed by atoms with E-state index in [0.29, 0.717) is 12.2 Å². The standard InChI is InChI=1S/C21H26N4O5/c1-23(2)18-11-10-16(14-19(18)25(28)29)21(27)30-15-20(26)22-12-7-13-24(3)17-8-5-4-6-9-17/h4-6,8-11,14H,7,12-13,15H2,1-3H3,(H,22,26). The second-order valence-corrected chi connectivity index (χ2v) is 6.89. The molecule has 0 atom stereocenters. The third kappa shape index (κ3) is 6.47. The van der Waals surface area contributed by atoms with Gasteiger partial charge in [-0.05, 0) is 30.7 Å². The van der Waals surface area contributed by atoms with Gasteiger partial charge in [0, 0.05) is 46.0 Å². The first-order valence-corrected chi connectivity index (χ1v) is 9.45. The summed E-state index contributed by atoms with van der Waals surface area (Å²) in [5.41, 5.74) is 1.27. The van der Waals surface area contributed by atoms with Gasteiger partial charge in [0.2, 0.25) is 0 Å². The van der Waals surface area contributed by atoms with Crippen LogP contribution in [0.4, 0.5) is 17.1 Å². The summed E-state index contributed by atoms with van der Waals surface area (Å²) in [6.07, 6.45) is 0.725. The first kappa shape index (κ1) is 22.7. The van der Waals surface area contributed by atoms with Gasteiger partial charge in [-0.3, -0.25) is 14.9 Å². The van der Waals surface area contributed by atoms with E-state index in [4.69, 9.17) is 4.74 Å². The van der Waals surface area contributed by atoms with Crippen molar-refractivity contribution < 1.29 is 19.2 Å². The van der Waals surface area contributed by atoms with E-state index in [0.717, 1.165) is 24.7 Å². The molecule has 0 unspecified atom stereocenters. The van der Waals surface area contributed by atoms with Crippen molar-refractivity contribution in [3.63, 3.8) is 0 Å². The fourth-order valence-corrected chi connectivity index (χ4v) is 2.80. The highest BCUT2D eigenvalue weighted by atomic mass is 16.6. The van der Waals surface area contributed by atoms with E-state index < -0.39 is 23.4 Å². The van der Waals surface area contributed by atoms with Crippen molar-refractivity contribution in [3.8, 4) is 0 Å². The molecule has 0 aliphatic heterocycles. The Bertz CT molecular complexity index is 886. The molecule has 160 valence electrons. The SMILES string of the molecule is CN(C)c1ccc(C(=O)OCC(=O)NCCCN(C)c2ccccc2)cc1[N+](=O)[O-]. The summed E-state index contributed by atoms with van der Waals surface area (Å²) in [5, 5.41) is 13.9. The monoisotopic (exact) mass is 414 g/mol. The van der Waals surface area contributed by atoms with Crippen LogP contribution in [0.1, 0.15) is 16.8 Å². The van der Waals surface area contributed by atoms with Gasteiger partial charge in [0.25, 0.3) is 11.6 Å². The minimum Gasteiger partial charge on any atom is -0.452 e. The summed E-state index contributed by atoms with van der Waals surface area (Å²) >= 11 is 0. The van der Waals surface area contributed by atoms with Gasteiger partial charge in [-0.25, -0.2) is 4.79 Å². The van der Waals surface area contributed by atoms with Crippen molar-refractivity contribution in [2.75, 3.05) is 50.6 Å². The van der Waals surface area contributed by atoms with Crippen LogP contribution >= 0.6 is 0 Å². The Morgan fingerprint density at radius 3 is 2.43 bits per heavy atom. The molecule has 0 saturated heterocycles. The second kappa shape index (κ2) is 10.8. The number of carbonyl (C=O) groups is 2. The van der Waals surface area contributed by atoms with E-state index in [1.165, 1.54) is 12.1 Å². The molecule has 0 spiro atoms. The van der Waals surface area contributed by atoms with Crippen LogP contribution < -0.4 is 15.1 Å². The van der Waals surface area contributed by atoms with Gasteiger partial charge in [0.1, 0.15) is 5.69 Å². The molecule has 2 aromatic carbocycles. The minimum atomic E-state index is -0.789. The number of hydrogen-bond donors (Lipinski definition) is 1. The van der Waals surface area contributed by atoms with Crippen molar-refractivity contribution in [2.45, 2.75) is 6.42 Å². The zero-order chi connectivity index (χ0) is 22.1. The third-order valence-electron chi connectivity index (χ3n) is 4.41. The number of esters is 1. The zero-order valence-corrected chi connectivity index (χ0v) is 17.3. The first-order valence-electron chi connectivity index (χ1n) is 9.45. The van der Waals surface area contributed by atoms with Crippen molar-refractivity contribution in [1.29, 1.82) is 0 Å². The first-order chi connectivity index (χ1) is 14.3. The average molecular weight is 414 g/mol. The predicted molar refractivity (Wildman–Crippen MR) is 115 cm³/mol. The summed E-state index contributed by atoms with van der Waals surface area (Å²) < 4.78 is 4.97.